The average molecular weight is 258 g/mol. The Morgan fingerprint density at radius 3 is 2.37 bits per heavy atom. The molecule has 0 fully saturated rings. The lowest BCUT2D eigenvalue weighted by Crippen LogP contribution is -2.43. The second kappa shape index (κ2) is 5.47. The summed E-state index contributed by atoms with van der Waals surface area (Å²) in [6, 6.07) is 10.7. The third-order valence-corrected chi connectivity index (χ3v) is 3.39. The second-order valence-electron chi connectivity index (χ2n) is 5.49. The monoisotopic (exact) mass is 258 g/mol. The highest BCUT2D eigenvalue weighted by Crippen LogP contribution is 2.16. The van der Waals surface area contributed by atoms with E-state index in [1.54, 1.807) is 0 Å². The van der Waals surface area contributed by atoms with Crippen molar-refractivity contribution < 1.29 is 4.79 Å². The van der Waals surface area contributed by atoms with Crippen LogP contribution in [0.15, 0.2) is 36.5 Å². The molecule has 1 heterocycles. The number of carbonyl (C=O) groups is 1. The summed E-state index contributed by atoms with van der Waals surface area (Å²) in [5.74, 6) is 0.173. The molecule has 0 saturated carbocycles. The van der Waals surface area contributed by atoms with Gasteiger partial charge in [-0.1, -0.05) is 18.2 Å². The van der Waals surface area contributed by atoms with Crippen LogP contribution < -0.4 is 0 Å². The molecule has 0 unspecified atom stereocenters. The number of rotatable bonds is 4. The maximum Gasteiger partial charge on any atom is 0.242 e. The van der Waals surface area contributed by atoms with Crippen LogP contribution in [0.5, 0.6) is 0 Å². The number of amides is 1. The summed E-state index contributed by atoms with van der Waals surface area (Å²) in [6.45, 7) is 8.65. The van der Waals surface area contributed by atoms with Gasteiger partial charge in [0.1, 0.15) is 6.54 Å². The van der Waals surface area contributed by atoms with Crippen molar-refractivity contribution in [2.75, 3.05) is 0 Å². The van der Waals surface area contributed by atoms with E-state index < -0.39 is 0 Å². The summed E-state index contributed by atoms with van der Waals surface area (Å²) in [6.07, 6.45) is 1.99. The van der Waals surface area contributed by atoms with Gasteiger partial charge < -0.3 is 9.47 Å². The van der Waals surface area contributed by atoms with E-state index in [-0.39, 0.29) is 18.0 Å². The van der Waals surface area contributed by atoms with Crippen molar-refractivity contribution in [2.24, 2.45) is 0 Å². The van der Waals surface area contributed by atoms with Gasteiger partial charge in [-0.15, -0.1) is 0 Å². The molecule has 0 radical (unpaired) electrons. The quantitative estimate of drug-likeness (QED) is 0.826. The van der Waals surface area contributed by atoms with Crippen LogP contribution in [0.3, 0.4) is 0 Å². The Bertz CT molecular complexity index is 561. The van der Waals surface area contributed by atoms with Gasteiger partial charge in [-0.3, -0.25) is 4.79 Å². The summed E-state index contributed by atoms with van der Waals surface area (Å²) in [5.41, 5.74) is 1.11. The van der Waals surface area contributed by atoms with Gasteiger partial charge in [0.15, 0.2) is 0 Å². The van der Waals surface area contributed by atoms with E-state index in [4.69, 9.17) is 0 Å². The Kier molecular flexibility index (Phi) is 3.93. The van der Waals surface area contributed by atoms with Gasteiger partial charge in [-0.2, -0.15) is 0 Å². The summed E-state index contributed by atoms with van der Waals surface area (Å²) in [5, 5.41) is 1.18. The zero-order chi connectivity index (χ0) is 14.0. The van der Waals surface area contributed by atoms with Crippen LogP contribution in [0.4, 0.5) is 0 Å². The third-order valence-electron chi connectivity index (χ3n) is 3.39. The standard InChI is InChI=1S/C16H22N2O/c1-12(2)18(13(3)4)16(19)11-17-10-9-14-7-5-6-8-15(14)17/h5-10,12-13H,11H2,1-4H3. The lowest BCUT2D eigenvalue weighted by Gasteiger charge is -2.31. The van der Waals surface area contributed by atoms with Gasteiger partial charge in [0, 0.05) is 23.8 Å². The number of fused-ring (bicyclic) bond motifs is 1. The Morgan fingerprint density at radius 1 is 1.11 bits per heavy atom. The van der Waals surface area contributed by atoms with Crippen molar-refractivity contribution in [3.8, 4) is 0 Å². The molecule has 19 heavy (non-hydrogen) atoms. The molecule has 1 amide bonds. The van der Waals surface area contributed by atoms with Crippen molar-refractivity contribution in [3.05, 3.63) is 36.5 Å². The molecule has 3 nitrogen and oxygen atoms in total. The van der Waals surface area contributed by atoms with Gasteiger partial charge in [0.25, 0.3) is 0 Å². The Morgan fingerprint density at radius 2 is 1.74 bits per heavy atom. The van der Waals surface area contributed by atoms with E-state index in [0.717, 1.165) is 5.52 Å². The number of carbonyl (C=O) groups excluding carboxylic acids is 1. The van der Waals surface area contributed by atoms with Gasteiger partial charge in [-0.05, 0) is 45.2 Å². The molecule has 0 bridgehead atoms. The largest absolute Gasteiger partial charge is 0.338 e. The van der Waals surface area contributed by atoms with E-state index in [1.807, 2.05) is 27.8 Å². The molecule has 2 aromatic rings. The molecule has 1 aromatic heterocycles. The summed E-state index contributed by atoms with van der Waals surface area (Å²) >= 11 is 0. The lowest BCUT2D eigenvalue weighted by molar-refractivity contribution is -0.135. The Hall–Kier alpha value is -1.77. The maximum absolute atomic E-state index is 12.4. The fourth-order valence-electron chi connectivity index (χ4n) is 2.68. The lowest BCUT2D eigenvalue weighted by atomic mass is 10.2. The molecule has 0 saturated heterocycles. The molecule has 0 aliphatic rings. The number of para-hydroxylation sites is 1. The molecular weight excluding hydrogens is 236 g/mol. The fourth-order valence-corrected chi connectivity index (χ4v) is 2.68. The first kappa shape index (κ1) is 13.7. The zero-order valence-electron chi connectivity index (χ0n) is 12.1. The van der Waals surface area contributed by atoms with Crippen LogP contribution in [-0.4, -0.2) is 27.5 Å². The van der Waals surface area contributed by atoms with Crippen LogP contribution >= 0.6 is 0 Å². The van der Waals surface area contributed by atoms with Crippen molar-refractivity contribution >= 4 is 16.8 Å². The van der Waals surface area contributed by atoms with E-state index in [0.29, 0.717) is 6.54 Å². The van der Waals surface area contributed by atoms with Gasteiger partial charge >= 0.3 is 0 Å². The van der Waals surface area contributed by atoms with E-state index >= 15 is 0 Å². The highest BCUT2D eigenvalue weighted by atomic mass is 16.2. The molecule has 0 atom stereocenters. The number of nitrogens with zero attached hydrogens (tertiary/aromatic N) is 2. The number of hydrogen-bond donors (Lipinski definition) is 0. The molecule has 1 aromatic carbocycles. The van der Waals surface area contributed by atoms with E-state index in [9.17, 15) is 4.79 Å². The SMILES string of the molecule is CC(C)N(C(=O)Cn1ccc2ccccc21)C(C)C. The normalized spacial score (nSPS) is 11.5. The van der Waals surface area contributed by atoms with Crippen molar-refractivity contribution in [1.82, 2.24) is 9.47 Å². The Balaban J connectivity index is 2.23. The highest BCUT2D eigenvalue weighted by molar-refractivity contribution is 5.83. The van der Waals surface area contributed by atoms with E-state index in [2.05, 4.69) is 45.9 Å². The number of benzene rings is 1. The summed E-state index contributed by atoms with van der Waals surface area (Å²) in [7, 11) is 0. The fraction of sp³-hybridized carbons (Fsp3) is 0.438. The molecule has 0 aliphatic heterocycles. The van der Waals surface area contributed by atoms with Gasteiger partial charge in [0.05, 0.1) is 0 Å². The zero-order valence-corrected chi connectivity index (χ0v) is 12.1. The van der Waals surface area contributed by atoms with Crippen LogP contribution in [0.2, 0.25) is 0 Å². The summed E-state index contributed by atoms with van der Waals surface area (Å²) in [4.78, 5) is 14.4. The first-order valence-electron chi connectivity index (χ1n) is 6.85. The molecule has 3 heteroatoms. The minimum Gasteiger partial charge on any atom is -0.338 e. The first-order valence-corrected chi connectivity index (χ1v) is 6.85. The van der Waals surface area contributed by atoms with Crippen molar-refractivity contribution in [3.63, 3.8) is 0 Å². The van der Waals surface area contributed by atoms with E-state index in [1.165, 1.54) is 5.39 Å². The molecule has 102 valence electrons. The highest BCUT2D eigenvalue weighted by Gasteiger charge is 2.20. The Labute approximate surface area is 114 Å². The minimum absolute atomic E-state index is 0.173. The molecule has 0 spiro atoms. The number of hydrogen-bond acceptors (Lipinski definition) is 1. The third kappa shape index (κ3) is 2.80. The van der Waals surface area contributed by atoms with Crippen LogP contribution in [-0.2, 0) is 11.3 Å². The number of aromatic nitrogens is 1. The molecular formula is C16H22N2O. The molecule has 2 rings (SSSR count). The minimum atomic E-state index is 0.173. The topological polar surface area (TPSA) is 25.2 Å². The van der Waals surface area contributed by atoms with Crippen LogP contribution in [0.25, 0.3) is 10.9 Å². The maximum atomic E-state index is 12.4. The predicted octanol–water partition coefficient (Wildman–Crippen LogP) is 3.29. The van der Waals surface area contributed by atoms with Gasteiger partial charge in [0.2, 0.25) is 5.91 Å². The van der Waals surface area contributed by atoms with Gasteiger partial charge in [-0.25, -0.2) is 0 Å². The first-order chi connectivity index (χ1) is 9.00. The molecule has 0 aliphatic carbocycles. The molecule has 0 N–H and O–H groups in total. The predicted molar refractivity (Wildman–Crippen MR) is 79.1 cm³/mol. The summed E-state index contributed by atoms with van der Waals surface area (Å²) < 4.78 is 2.02. The van der Waals surface area contributed by atoms with Crippen molar-refractivity contribution in [2.45, 2.75) is 46.3 Å². The average Bonchev–Trinajstić information content (AvgIpc) is 2.72. The smallest absolute Gasteiger partial charge is 0.242 e. The second-order valence-corrected chi connectivity index (χ2v) is 5.49. The van der Waals surface area contributed by atoms with Crippen molar-refractivity contribution in [1.29, 1.82) is 0 Å². The van der Waals surface area contributed by atoms with Crippen LogP contribution in [0.1, 0.15) is 27.7 Å². The van der Waals surface area contributed by atoms with Crippen LogP contribution in [0, 0.1) is 0 Å².